The Morgan fingerprint density at radius 3 is 2.93 bits per heavy atom. The van der Waals surface area contributed by atoms with Crippen LogP contribution in [0.25, 0.3) is 5.65 Å². The predicted molar refractivity (Wildman–Crippen MR) is 111 cm³/mol. The molecule has 2 fully saturated rings. The molecule has 3 aromatic heterocycles. The van der Waals surface area contributed by atoms with Crippen molar-refractivity contribution in [2.45, 2.75) is 44.1 Å². The number of amides is 1. The van der Waals surface area contributed by atoms with Gasteiger partial charge in [0.05, 0.1) is 0 Å². The van der Waals surface area contributed by atoms with E-state index in [1.165, 1.54) is 12.8 Å². The van der Waals surface area contributed by atoms with Gasteiger partial charge in [-0.15, -0.1) is 0 Å². The Labute approximate surface area is 169 Å². The van der Waals surface area contributed by atoms with Crippen molar-refractivity contribution in [3.05, 3.63) is 30.1 Å². The Hall–Kier alpha value is -3.10. The minimum atomic E-state index is -0.642. The molecule has 1 atom stereocenters. The summed E-state index contributed by atoms with van der Waals surface area (Å²) >= 11 is 0. The van der Waals surface area contributed by atoms with E-state index in [2.05, 4.69) is 15.5 Å². The molecule has 2 N–H and O–H groups in total. The second kappa shape index (κ2) is 6.47. The van der Waals surface area contributed by atoms with E-state index in [4.69, 9.17) is 9.97 Å². The number of carbonyl (C=O) groups is 1. The van der Waals surface area contributed by atoms with Gasteiger partial charge in [0.15, 0.2) is 5.82 Å². The first kappa shape index (κ1) is 18.0. The van der Waals surface area contributed by atoms with Gasteiger partial charge in [0, 0.05) is 44.5 Å². The average molecular weight is 394 g/mol. The van der Waals surface area contributed by atoms with Crippen LogP contribution in [0.2, 0.25) is 0 Å². The molecule has 1 aliphatic heterocycles. The molecule has 152 valence electrons. The van der Waals surface area contributed by atoms with Crippen molar-refractivity contribution < 1.29 is 4.79 Å². The lowest BCUT2D eigenvalue weighted by molar-refractivity contribution is -0.133. The quantitative estimate of drug-likeness (QED) is 0.691. The van der Waals surface area contributed by atoms with E-state index in [-0.39, 0.29) is 5.91 Å². The maximum atomic E-state index is 12.9. The maximum absolute atomic E-state index is 12.9. The second-order valence-electron chi connectivity index (χ2n) is 8.42. The molecule has 0 bridgehead atoms. The average Bonchev–Trinajstić information content (AvgIpc) is 3.08. The molecule has 3 aromatic rings. The van der Waals surface area contributed by atoms with E-state index in [1.807, 2.05) is 40.6 Å². The number of aromatic amines is 1. The maximum Gasteiger partial charge on any atom is 0.247 e. The molecule has 9 nitrogen and oxygen atoms in total. The van der Waals surface area contributed by atoms with Gasteiger partial charge in [0.25, 0.3) is 0 Å². The van der Waals surface area contributed by atoms with Gasteiger partial charge in [0.2, 0.25) is 17.8 Å². The SMILES string of the molecule is CN(C)C(=O)[C@]1(C)CCCN1c1nc(Nc2cc(C3CC3)[nH]n2)n2cccc2n1. The Morgan fingerprint density at radius 1 is 1.34 bits per heavy atom. The van der Waals surface area contributed by atoms with Gasteiger partial charge in [-0.3, -0.25) is 14.3 Å². The van der Waals surface area contributed by atoms with Crippen molar-refractivity contribution in [1.29, 1.82) is 0 Å². The molecular formula is C20H26N8O. The van der Waals surface area contributed by atoms with Crippen LogP contribution < -0.4 is 10.2 Å². The zero-order valence-corrected chi connectivity index (χ0v) is 17.0. The molecule has 2 aliphatic rings. The highest BCUT2D eigenvalue weighted by atomic mass is 16.2. The number of carbonyl (C=O) groups excluding carboxylic acids is 1. The number of aromatic nitrogens is 5. The zero-order valence-electron chi connectivity index (χ0n) is 17.0. The van der Waals surface area contributed by atoms with Crippen LogP contribution in [-0.4, -0.2) is 61.6 Å². The molecule has 29 heavy (non-hydrogen) atoms. The van der Waals surface area contributed by atoms with Gasteiger partial charge < -0.3 is 15.1 Å². The van der Waals surface area contributed by atoms with Crippen LogP contribution in [0.15, 0.2) is 24.4 Å². The van der Waals surface area contributed by atoms with Crippen LogP contribution in [0.5, 0.6) is 0 Å². The van der Waals surface area contributed by atoms with E-state index in [9.17, 15) is 4.79 Å². The molecule has 4 heterocycles. The minimum Gasteiger partial charge on any atom is -0.347 e. The Bertz CT molecular complexity index is 1070. The number of hydrogen-bond acceptors (Lipinski definition) is 6. The third-order valence-corrected chi connectivity index (χ3v) is 5.98. The van der Waals surface area contributed by atoms with Crippen LogP contribution >= 0.6 is 0 Å². The van der Waals surface area contributed by atoms with Gasteiger partial charge in [-0.25, -0.2) is 0 Å². The highest BCUT2D eigenvalue weighted by Gasteiger charge is 2.45. The summed E-state index contributed by atoms with van der Waals surface area (Å²) in [6.45, 7) is 2.73. The van der Waals surface area contributed by atoms with Crippen molar-refractivity contribution in [3.8, 4) is 0 Å². The van der Waals surface area contributed by atoms with Crippen molar-refractivity contribution in [1.82, 2.24) is 29.5 Å². The van der Waals surface area contributed by atoms with E-state index >= 15 is 0 Å². The fourth-order valence-electron chi connectivity index (χ4n) is 4.23. The summed E-state index contributed by atoms with van der Waals surface area (Å²) in [7, 11) is 3.59. The third kappa shape index (κ3) is 3.01. The molecule has 0 aromatic carbocycles. The van der Waals surface area contributed by atoms with Crippen LogP contribution in [0.3, 0.4) is 0 Å². The predicted octanol–water partition coefficient (Wildman–Crippen LogP) is 2.52. The summed E-state index contributed by atoms with van der Waals surface area (Å²) < 4.78 is 1.90. The normalized spacial score (nSPS) is 21.7. The van der Waals surface area contributed by atoms with Gasteiger partial charge in [-0.1, -0.05) is 0 Å². The van der Waals surface area contributed by atoms with E-state index in [1.54, 1.807) is 19.0 Å². The molecule has 0 spiro atoms. The summed E-state index contributed by atoms with van der Waals surface area (Å²) in [5, 5.41) is 10.8. The number of nitrogens with zero attached hydrogens (tertiary/aromatic N) is 6. The fraction of sp³-hybridized carbons (Fsp3) is 0.500. The number of rotatable bonds is 5. The van der Waals surface area contributed by atoms with Gasteiger partial charge in [-0.2, -0.15) is 15.1 Å². The first-order valence-corrected chi connectivity index (χ1v) is 10.1. The number of likely N-dealkylation sites (N-methyl/N-ethyl adjacent to an activating group) is 1. The molecule has 9 heteroatoms. The van der Waals surface area contributed by atoms with E-state index in [0.29, 0.717) is 17.8 Å². The van der Waals surface area contributed by atoms with E-state index in [0.717, 1.165) is 36.5 Å². The standard InChI is InChI=1S/C20H26N8O/c1-20(17(29)26(2)3)9-5-11-28(20)19-22-16-6-4-10-27(16)18(23-19)21-15-12-14(24-25-15)13-7-8-13/h4,6,10,12-13H,5,7-9,11H2,1-3H3,(H2,21,22,23,24,25)/t20-/m0/s1. The van der Waals surface area contributed by atoms with Crippen LogP contribution in [0.1, 0.15) is 44.2 Å². The number of fused-ring (bicyclic) bond motifs is 1. The molecule has 1 aliphatic carbocycles. The topological polar surface area (TPSA) is 94.5 Å². The van der Waals surface area contributed by atoms with Crippen molar-refractivity contribution in [2.75, 3.05) is 30.9 Å². The lowest BCUT2D eigenvalue weighted by atomic mass is 9.97. The molecule has 5 rings (SSSR count). The Morgan fingerprint density at radius 2 is 2.17 bits per heavy atom. The summed E-state index contributed by atoms with van der Waals surface area (Å²) in [6.07, 6.45) is 6.07. The second-order valence-corrected chi connectivity index (χ2v) is 8.42. The summed E-state index contributed by atoms with van der Waals surface area (Å²) in [5.41, 5.74) is 1.30. The molecule has 1 saturated heterocycles. The first-order valence-electron chi connectivity index (χ1n) is 10.1. The minimum absolute atomic E-state index is 0.0738. The van der Waals surface area contributed by atoms with Crippen LogP contribution in [0, 0.1) is 0 Å². The molecule has 1 saturated carbocycles. The lowest BCUT2D eigenvalue weighted by Crippen LogP contribution is -2.53. The smallest absolute Gasteiger partial charge is 0.247 e. The van der Waals surface area contributed by atoms with Gasteiger partial charge in [0.1, 0.15) is 11.2 Å². The van der Waals surface area contributed by atoms with Crippen molar-refractivity contribution in [2.24, 2.45) is 0 Å². The lowest BCUT2D eigenvalue weighted by Gasteiger charge is -2.36. The largest absolute Gasteiger partial charge is 0.347 e. The molecule has 1 amide bonds. The number of anilines is 3. The van der Waals surface area contributed by atoms with Crippen LogP contribution in [0.4, 0.5) is 17.7 Å². The summed E-state index contributed by atoms with van der Waals surface area (Å²) in [5.74, 6) is 2.61. The zero-order chi connectivity index (χ0) is 20.2. The first-order chi connectivity index (χ1) is 14.0. The Balaban J connectivity index is 1.52. The molecular weight excluding hydrogens is 368 g/mol. The summed E-state index contributed by atoms with van der Waals surface area (Å²) in [6, 6.07) is 5.93. The fourth-order valence-corrected chi connectivity index (χ4v) is 4.23. The number of hydrogen-bond donors (Lipinski definition) is 2. The van der Waals surface area contributed by atoms with E-state index < -0.39 is 5.54 Å². The van der Waals surface area contributed by atoms with Crippen LogP contribution in [-0.2, 0) is 4.79 Å². The highest BCUT2D eigenvalue weighted by Crippen LogP contribution is 2.40. The van der Waals surface area contributed by atoms with Gasteiger partial charge >= 0.3 is 0 Å². The highest BCUT2D eigenvalue weighted by molar-refractivity contribution is 5.89. The molecule has 0 unspecified atom stereocenters. The monoisotopic (exact) mass is 394 g/mol. The Kier molecular flexibility index (Phi) is 4.01. The van der Waals surface area contributed by atoms with Gasteiger partial charge in [-0.05, 0) is 44.7 Å². The van der Waals surface area contributed by atoms with Crippen molar-refractivity contribution >= 4 is 29.3 Å². The third-order valence-electron chi connectivity index (χ3n) is 5.98. The number of H-pyrrole nitrogens is 1. The summed E-state index contributed by atoms with van der Waals surface area (Å²) in [4.78, 5) is 26.1. The molecule has 0 radical (unpaired) electrons. The number of nitrogens with one attached hydrogen (secondary N) is 2. The van der Waals surface area contributed by atoms with Crippen molar-refractivity contribution in [3.63, 3.8) is 0 Å².